The lowest BCUT2D eigenvalue weighted by atomic mass is 10.1. The van der Waals surface area contributed by atoms with Gasteiger partial charge in [0, 0.05) is 24.2 Å². The van der Waals surface area contributed by atoms with Crippen molar-refractivity contribution in [2.75, 3.05) is 17.6 Å². The average Bonchev–Trinajstić information content (AvgIpc) is 2.93. The SMILES string of the molecule is CCS(=O)(=O)Nc1ccc(-c2c(C#N)c3ccc(OC)cc3n2C)cc1. The van der Waals surface area contributed by atoms with Crippen molar-refractivity contribution in [1.82, 2.24) is 4.57 Å². The number of ether oxygens (including phenoxy) is 1. The molecular formula is C19H19N3O3S. The minimum atomic E-state index is -3.32. The molecule has 0 spiro atoms. The largest absolute Gasteiger partial charge is 0.497 e. The Morgan fingerprint density at radius 3 is 2.46 bits per heavy atom. The summed E-state index contributed by atoms with van der Waals surface area (Å²) in [6.07, 6.45) is 0. The Morgan fingerprint density at radius 2 is 1.88 bits per heavy atom. The molecule has 1 heterocycles. The van der Waals surface area contributed by atoms with Crippen LogP contribution in [0.4, 0.5) is 5.69 Å². The standard InChI is InChI=1S/C19H19N3O3S/c1-4-26(23,24)21-14-7-5-13(6-8-14)19-17(12-20)16-10-9-15(25-3)11-18(16)22(19)2/h5-11,21H,4H2,1-3H3. The Bertz CT molecular complexity index is 1110. The van der Waals surface area contributed by atoms with Gasteiger partial charge in [0.15, 0.2) is 0 Å². The zero-order valence-electron chi connectivity index (χ0n) is 14.8. The second kappa shape index (κ2) is 6.73. The predicted octanol–water partition coefficient (Wildman–Crippen LogP) is 3.49. The summed E-state index contributed by atoms with van der Waals surface area (Å²) < 4.78 is 33.1. The molecule has 0 aliphatic heterocycles. The van der Waals surface area contributed by atoms with E-state index in [9.17, 15) is 13.7 Å². The van der Waals surface area contributed by atoms with E-state index in [1.165, 1.54) is 0 Å². The van der Waals surface area contributed by atoms with Gasteiger partial charge in [0.25, 0.3) is 0 Å². The van der Waals surface area contributed by atoms with Crippen LogP contribution in [0.25, 0.3) is 22.2 Å². The van der Waals surface area contributed by atoms with E-state index in [0.717, 1.165) is 27.9 Å². The van der Waals surface area contributed by atoms with E-state index in [2.05, 4.69) is 10.8 Å². The molecule has 3 rings (SSSR count). The minimum absolute atomic E-state index is 0.0123. The number of aromatic nitrogens is 1. The van der Waals surface area contributed by atoms with E-state index in [4.69, 9.17) is 4.74 Å². The number of nitrogens with zero attached hydrogens (tertiary/aromatic N) is 2. The molecule has 3 aromatic rings. The molecule has 0 atom stereocenters. The molecule has 0 saturated carbocycles. The number of rotatable bonds is 5. The fourth-order valence-corrected chi connectivity index (χ4v) is 3.58. The van der Waals surface area contributed by atoms with Gasteiger partial charge in [-0.3, -0.25) is 4.72 Å². The van der Waals surface area contributed by atoms with Crippen LogP contribution < -0.4 is 9.46 Å². The summed E-state index contributed by atoms with van der Waals surface area (Å²) in [4.78, 5) is 0. The fourth-order valence-electron chi connectivity index (χ4n) is 2.94. The van der Waals surface area contributed by atoms with E-state index >= 15 is 0 Å². The van der Waals surface area contributed by atoms with Gasteiger partial charge in [-0.05, 0) is 36.8 Å². The number of fused-ring (bicyclic) bond motifs is 1. The van der Waals surface area contributed by atoms with Crippen LogP contribution in [0.5, 0.6) is 5.75 Å². The van der Waals surface area contributed by atoms with Gasteiger partial charge in [0.2, 0.25) is 10.0 Å². The predicted molar refractivity (Wildman–Crippen MR) is 103 cm³/mol. The monoisotopic (exact) mass is 369 g/mol. The molecule has 1 N–H and O–H groups in total. The molecule has 1 aromatic heterocycles. The summed E-state index contributed by atoms with van der Waals surface area (Å²) in [5.74, 6) is 0.733. The summed E-state index contributed by atoms with van der Waals surface area (Å²) in [5, 5.41) is 10.5. The minimum Gasteiger partial charge on any atom is -0.497 e. The van der Waals surface area contributed by atoms with Crippen molar-refractivity contribution in [1.29, 1.82) is 5.26 Å². The van der Waals surface area contributed by atoms with E-state index in [1.54, 1.807) is 38.3 Å². The van der Waals surface area contributed by atoms with Crippen molar-refractivity contribution in [3.63, 3.8) is 0 Å². The van der Waals surface area contributed by atoms with Crippen LogP contribution in [0, 0.1) is 11.3 Å². The van der Waals surface area contributed by atoms with Gasteiger partial charge < -0.3 is 9.30 Å². The van der Waals surface area contributed by atoms with Gasteiger partial charge in [-0.15, -0.1) is 0 Å². The van der Waals surface area contributed by atoms with Crippen LogP contribution >= 0.6 is 0 Å². The Labute approximate surface area is 152 Å². The highest BCUT2D eigenvalue weighted by atomic mass is 32.2. The third-order valence-corrected chi connectivity index (χ3v) is 5.64. The first-order valence-corrected chi connectivity index (χ1v) is 9.73. The lowest BCUT2D eigenvalue weighted by molar-refractivity contribution is 0.415. The molecule has 0 aliphatic carbocycles. The lowest BCUT2D eigenvalue weighted by Crippen LogP contribution is -2.14. The smallest absolute Gasteiger partial charge is 0.232 e. The molecule has 134 valence electrons. The van der Waals surface area contributed by atoms with E-state index in [-0.39, 0.29) is 5.75 Å². The van der Waals surface area contributed by atoms with Crippen molar-refractivity contribution in [2.24, 2.45) is 7.05 Å². The van der Waals surface area contributed by atoms with Crippen molar-refractivity contribution in [3.8, 4) is 23.1 Å². The lowest BCUT2D eigenvalue weighted by Gasteiger charge is -2.09. The second-order valence-electron chi connectivity index (χ2n) is 5.86. The van der Waals surface area contributed by atoms with Crippen LogP contribution in [0.3, 0.4) is 0 Å². The van der Waals surface area contributed by atoms with Crippen LogP contribution in [0.1, 0.15) is 12.5 Å². The molecule has 0 aliphatic rings. The third-order valence-electron chi connectivity index (χ3n) is 4.33. The van der Waals surface area contributed by atoms with Crippen molar-refractivity contribution in [2.45, 2.75) is 6.92 Å². The van der Waals surface area contributed by atoms with Gasteiger partial charge in [-0.2, -0.15) is 5.26 Å². The normalized spacial score (nSPS) is 11.3. The summed E-state index contributed by atoms with van der Waals surface area (Å²) in [6.45, 7) is 1.58. The van der Waals surface area contributed by atoms with Gasteiger partial charge in [0.1, 0.15) is 11.8 Å². The van der Waals surface area contributed by atoms with E-state index in [1.807, 2.05) is 29.8 Å². The number of aryl methyl sites for hydroxylation is 1. The number of nitrogens with one attached hydrogen (secondary N) is 1. The van der Waals surface area contributed by atoms with Crippen molar-refractivity contribution in [3.05, 3.63) is 48.0 Å². The number of hydrogen-bond acceptors (Lipinski definition) is 4. The van der Waals surface area contributed by atoms with Gasteiger partial charge >= 0.3 is 0 Å². The van der Waals surface area contributed by atoms with E-state index < -0.39 is 10.0 Å². The fraction of sp³-hybridized carbons (Fsp3) is 0.211. The van der Waals surface area contributed by atoms with Crippen LogP contribution in [0.15, 0.2) is 42.5 Å². The molecule has 7 heteroatoms. The number of nitriles is 1. The summed E-state index contributed by atoms with van der Waals surface area (Å²) in [6, 6.07) is 14.9. The van der Waals surface area contributed by atoms with Crippen molar-refractivity contribution >= 4 is 26.6 Å². The first kappa shape index (κ1) is 17.8. The zero-order chi connectivity index (χ0) is 18.9. The Balaban J connectivity index is 2.11. The summed E-state index contributed by atoms with van der Waals surface area (Å²) >= 11 is 0. The van der Waals surface area contributed by atoms with Gasteiger partial charge in [-0.25, -0.2) is 8.42 Å². The second-order valence-corrected chi connectivity index (χ2v) is 7.87. The Morgan fingerprint density at radius 1 is 1.19 bits per heavy atom. The van der Waals surface area contributed by atoms with E-state index in [0.29, 0.717) is 11.3 Å². The highest BCUT2D eigenvalue weighted by Crippen LogP contribution is 2.34. The molecule has 0 saturated heterocycles. The van der Waals surface area contributed by atoms with Crippen LogP contribution in [-0.4, -0.2) is 25.8 Å². The quantitative estimate of drug-likeness (QED) is 0.746. The molecule has 6 nitrogen and oxygen atoms in total. The van der Waals surface area contributed by atoms with Crippen LogP contribution in [0.2, 0.25) is 0 Å². The number of anilines is 1. The highest BCUT2D eigenvalue weighted by Gasteiger charge is 2.17. The number of sulfonamides is 1. The maximum atomic E-state index is 11.7. The number of benzene rings is 2. The molecule has 0 fully saturated rings. The molecular weight excluding hydrogens is 350 g/mol. The number of hydrogen-bond donors (Lipinski definition) is 1. The summed E-state index contributed by atoms with van der Waals surface area (Å²) in [7, 11) is 0.177. The maximum Gasteiger partial charge on any atom is 0.232 e. The average molecular weight is 369 g/mol. The molecule has 0 bridgehead atoms. The topological polar surface area (TPSA) is 84.1 Å². The number of methoxy groups -OCH3 is 1. The molecule has 2 aromatic carbocycles. The Hall–Kier alpha value is -2.98. The Kier molecular flexibility index (Phi) is 4.62. The highest BCUT2D eigenvalue weighted by molar-refractivity contribution is 7.92. The molecule has 0 amide bonds. The van der Waals surface area contributed by atoms with Gasteiger partial charge in [0.05, 0.1) is 29.6 Å². The van der Waals surface area contributed by atoms with Crippen molar-refractivity contribution < 1.29 is 13.2 Å². The van der Waals surface area contributed by atoms with Crippen LogP contribution in [-0.2, 0) is 17.1 Å². The molecule has 0 unspecified atom stereocenters. The van der Waals surface area contributed by atoms with Gasteiger partial charge in [-0.1, -0.05) is 12.1 Å². The zero-order valence-corrected chi connectivity index (χ0v) is 15.6. The third kappa shape index (κ3) is 3.11. The molecule has 26 heavy (non-hydrogen) atoms. The molecule has 0 radical (unpaired) electrons. The first-order chi connectivity index (χ1) is 12.4. The maximum absolute atomic E-state index is 11.7. The first-order valence-electron chi connectivity index (χ1n) is 8.07. The summed E-state index contributed by atoms with van der Waals surface area (Å²) in [5.41, 5.74) is 3.58.